The van der Waals surface area contributed by atoms with Crippen molar-refractivity contribution >= 4 is 27.9 Å². The number of carbonyl (C=O) groups is 1. The minimum atomic E-state index is -0.169. The molecule has 0 aliphatic rings. The quantitative estimate of drug-likeness (QED) is 0.558. The van der Waals surface area contributed by atoms with Crippen molar-refractivity contribution in [3.63, 3.8) is 0 Å². The molecule has 0 unspecified atom stereocenters. The number of rotatable bonds is 5. The van der Waals surface area contributed by atoms with Crippen LogP contribution in [0.3, 0.4) is 0 Å². The molecule has 4 aromatic rings. The van der Waals surface area contributed by atoms with Crippen LogP contribution in [0.1, 0.15) is 17.4 Å². The van der Waals surface area contributed by atoms with Crippen molar-refractivity contribution in [2.75, 3.05) is 11.9 Å². The molecular weight excluding hydrogens is 346 g/mol. The highest BCUT2D eigenvalue weighted by molar-refractivity contribution is 7.15. The first-order valence-electron chi connectivity index (χ1n) is 8.31. The Bertz CT molecular complexity index is 1040. The first-order chi connectivity index (χ1) is 12.7. The lowest BCUT2D eigenvalue weighted by Gasteiger charge is -2.06. The van der Waals surface area contributed by atoms with Crippen molar-refractivity contribution in [1.82, 2.24) is 9.38 Å². The molecule has 5 nitrogen and oxygen atoms in total. The minimum Gasteiger partial charge on any atom is -0.494 e. The van der Waals surface area contributed by atoms with Crippen molar-refractivity contribution in [1.29, 1.82) is 0 Å². The molecule has 0 saturated heterocycles. The lowest BCUT2D eigenvalue weighted by Crippen LogP contribution is -2.13. The molecule has 2 heterocycles. The summed E-state index contributed by atoms with van der Waals surface area (Å²) in [7, 11) is 0. The Balaban J connectivity index is 1.58. The summed E-state index contributed by atoms with van der Waals surface area (Å²) in [6, 6.07) is 17.3. The molecule has 1 N–H and O–H groups in total. The second-order valence-electron chi connectivity index (χ2n) is 5.68. The van der Waals surface area contributed by atoms with Crippen LogP contribution < -0.4 is 10.1 Å². The standard InChI is InChI=1S/C20H17N3O2S/c1-2-25-16-10-8-15(9-11-16)21-19(24)18-13-26-20-22-17(12-23(18)20)14-6-4-3-5-7-14/h3-13H,2H2,1H3,(H,21,24). The van der Waals surface area contributed by atoms with E-state index >= 15 is 0 Å². The lowest BCUT2D eigenvalue weighted by molar-refractivity contribution is 0.102. The molecule has 1 amide bonds. The number of nitrogens with zero attached hydrogens (tertiary/aromatic N) is 2. The fraction of sp³-hybridized carbons (Fsp3) is 0.100. The van der Waals surface area contributed by atoms with Crippen molar-refractivity contribution in [3.8, 4) is 17.0 Å². The summed E-state index contributed by atoms with van der Waals surface area (Å²) >= 11 is 1.45. The number of nitrogens with one attached hydrogen (secondary N) is 1. The number of ether oxygens (including phenoxy) is 1. The Hall–Kier alpha value is -3.12. The van der Waals surface area contributed by atoms with E-state index in [4.69, 9.17) is 4.74 Å². The molecule has 0 spiro atoms. The molecular formula is C20H17N3O2S. The Morgan fingerprint density at radius 3 is 2.65 bits per heavy atom. The van der Waals surface area contributed by atoms with E-state index in [9.17, 15) is 4.79 Å². The fourth-order valence-electron chi connectivity index (χ4n) is 2.69. The summed E-state index contributed by atoms with van der Waals surface area (Å²) in [5.74, 6) is 0.614. The average molecular weight is 363 g/mol. The summed E-state index contributed by atoms with van der Waals surface area (Å²) in [6.07, 6.45) is 1.90. The van der Waals surface area contributed by atoms with Crippen molar-refractivity contribution in [2.24, 2.45) is 0 Å². The third-order valence-electron chi connectivity index (χ3n) is 3.93. The molecule has 0 radical (unpaired) electrons. The highest BCUT2D eigenvalue weighted by Gasteiger charge is 2.15. The molecule has 4 rings (SSSR count). The van der Waals surface area contributed by atoms with Crippen LogP contribution in [-0.2, 0) is 0 Å². The number of aromatic nitrogens is 2. The first kappa shape index (κ1) is 16.4. The number of fused-ring (bicyclic) bond motifs is 1. The van der Waals surface area contributed by atoms with E-state index in [2.05, 4.69) is 10.3 Å². The van der Waals surface area contributed by atoms with Crippen molar-refractivity contribution < 1.29 is 9.53 Å². The zero-order valence-corrected chi connectivity index (χ0v) is 15.0. The fourth-order valence-corrected chi connectivity index (χ4v) is 3.54. The Labute approximate surface area is 154 Å². The van der Waals surface area contributed by atoms with Crippen LogP contribution in [-0.4, -0.2) is 21.9 Å². The van der Waals surface area contributed by atoms with Gasteiger partial charge in [-0.1, -0.05) is 30.3 Å². The van der Waals surface area contributed by atoms with Gasteiger partial charge in [0, 0.05) is 22.8 Å². The van der Waals surface area contributed by atoms with Crippen LogP contribution >= 0.6 is 11.3 Å². The predicted octanol–water partition coefficient (Wildman–Crippen LogP) is 4.71. The van der Waals surface area contributed by atoms with Gasteiger partial charge >= 0.3 is 0 Å². The lowest BCUT2D eigenvalue weighted by atomic mass is 10.2. The van der Waals surface area contributed by atoms with Crippen LogP contribution in [0.4, 0.5) is 5.69 Å². The van der Waals surface area contributed by atoms with E-state index < -0.39 is 0 Å². The number of carbonyl (C=O) groups excluding carboxylic acids is 1. The van der Waals surface area contributed by atoms with E-state index in [-0.39, 0.29) is 5.91 Å². The van der Waals surface area contributed by atoms with E-state index in [1.54, 1.807) is 0 Å². The number of anilines is 1. The second kappa shape index (κ2) is 7.01. The summed E-state index contributed by atoms with van der Waals surface area (Å²) in [5.41, 5.74) is 3.17. The molecule has 2 aromatic heterocycles. The van der Waals surface area contributed by atoms with Crippen molar-refractivity contribution in [3.05, 3.63) is 71.9 Å². The normalized spacial score (nSPS) is 10.8. The summed E-state index contributed by atoms with van der Waals surface area (Å²) in [6.45, 7) is 2.55. The molecule has 0 atom stereocenters. The zero-order valence-electron chi connectivity index (χ0n) is 14.2. The third-order valence-corrected chi connectivity index (χ3v) is 4.77. The van der Waals surface area contributed by atoms with E-state index in [0.717, 1.165) is 27.7 Å². The van der Waals surface area contributed by atoms with Gasteiger partial charge in [-0.25, -0.2) is 4.98 Å². The van der Waals surface area contributed by atoms with Gasteiger partial charge in [-0.15, -0.1) is 11.3 Å². The molecule has 130 valence electrons. The van der Waals surface area contributed by atoms with Crippen molar-refractivity contribution in [2.45, 2.75) is 6.92 Å². The molecule has 0 aliphatic carbocycles. The second-order valence-corrected chi connectivity index (χ2v) is 6.51. The van der Waals surface area contributed by atoms with Gasteiger partial charge in [0.15, 0.2) is 4.96 Å². The average Bonchev–Trinajstić information content (AvgIpc) is 3.25. The Morgan fingerprint density at radius 2 is 1.92 bits per heavy atom. The van der Waals surface area contributed by atoms with Gasteiger partial charge < -0.3 is 10.1 Å². The number of hydrogen-bond acceptors (Lipinski definition) is 4. The maximum atomic E-state index is 12.7. The Kier molecular flexibility index (Phi) is 4.41. The summed E-state index contributed by atoms with van der Waals surface area (Å²) < 4.78 is 7.25. The van der Waals surface area contributed by atoms with Gasteiger partial charge in [0.1, 0.15) is 11.4 Å². The molecule has 26 heavy (non-hydrogen) atoms. The van der Waals surface area contributed by atoms with Gasteiger partial charge in [0.25, 0.3) is 5.91 Å². The largest absolute Gasteiger partial charge is 0.494 e. The van der Waals surface area contributed by atoms with E-state index in [1.165, 1.54) is 11.3 Å². The van der Waals surface area contributed by atoms with Gasteiger partial charge in [-0.05, 0) is 31.2 Å². The maximum Gasteiger partial charge on any atom is 0.273 e. The van der Waals surface area contributed by atoms with Crippen LogP contribution in [0, 0.1) is 0 Å². The molecule has 2 aromatic carbocycles. The molecule has 0 saturated carbocycles. The molecule has 0 fully saturated rings. The highest BCUT2D eigenvalue weighted by Crippen LogP contribution is 2.24. The van der Waals surface area contributed by atoms with Gasteiger partial charge in [0.2, 0.25) is 0 Å². The van der Waals surface area contributed by atoms with Crippen LogP contribution in [0.15, 0.2) is 66.2 Å². The van der Waals surface area contributed by atoms with Crippen LogP contribution in [0.2, 0.25) is 0 Å². The zero-order chi connectivity index (χ0) is 17.9. The molecule has 0 bridgehead atoms. The van der Waals surface area contributed by atoms with Crippen LogP contribution in [0.5, 0.6) is 5.75 Å². The first-order valence-corrected chi connectivity index (χ1v) is 9.19. The maximum absolute atomic E-state index is 12.7. The minimum absolute atomic E-state index is 0.169. The van der Waals surface area contributed by atoms with E-state index in [0.29, 0.717) is 12.3 Å². The van der Waals surface area contributed by atoms with Gasteiger partial charge in [-0.3, -0.25) is 9.20 Å². The monoisotopic (exact) mass is 363 g/mol. The number of hydrogen-bond donors (Lipinski definition) is 1. The predicted molar refractivity (Wildman–Crippen MR) is 104 cm³/mol. The highest BCUT2D eigenvalue weighted by atomic mass is 32.1. The topological polar surface area (TPSA) is 55.6 Å². The van der Waals surface area contributed by atoms with Crippen LogP contribution in [0.25, 0.3) is 16.2 Å². The molecule has 0 aliphatic heterocycles. The number of amides is 1. The number of benzene rings is 2. The number of thiazole rings is 1. The Morgan fingerprint density at radius 1 is 1.15 bits per heavy atom. The van der Waals surface area contributed by atoms with Gasteiger partial charge in [-0.2, -0.15) is 0 Å². The SMILES string of the molecule is CCOc1ccc(NC(=O)c2csc3nc(-c4ccccc4)cn23)cc1. The van der Waals surface area contributed by atoms with E-state index in [1.807, 2.05) is 77.5 Å². The summed E-state index contributed by atoms with van der Waals surface area (Å²) in [5, 5.41) is 4.74. The number of imidazole rings is 1. The van der Waals surface area contributed by atoms with Gasteiger partial charge in [0.05, 0.1) is 12.3 Å². The summed E-state index contributed by atoms with van der Waals surface area (Å²) in [4.78, 5) is 18.1. The third kappa shape index (κ3) is 3.19. The molecule has 6 heteroatoms. The smallest absolute Gasteiger partial charge is 0.273 e.